The molecule has 2 heterocycles. The maximum Gasteiger partial charge on any atom is 0.163 e. The van der Waals surface area contributed by atoms with Gasteiger partial charge in [0.15, 0.2) is 5.82 Å². The molecule has 1 aliphatic rings. The molecule has 1 aromatic heterocycles. The molecule has 1 atom stereocenters. The summed E-state index contributed by atoms with van der Waals surface area (Å²) in [5, 5.41) is 6.71. The smallest absolute Gasteiger partial charge is 0.163 e. The van der Waals surface area contributed by atoms with Gasteiger partial charge in [0.2, 0.25) is 0 Å². The molecule has 1 aromatic carbocycles. The zero-order chi connectivity index (χ0) is 12.4. The van der Waals surface area contributed by atoms with E-state index in [1.807, 2.05) is 35.7 Å². The highest BCUT2D eigenvalue weighted by atomic mass is 32.2. The van der Waals surface area contributed by atoms with Crippen LogP contribution in [-0.2, 0) is 17.1 Å². The van der Waals surface area contributed by atoms with Gasteiger partial charge < -0.3 is 0 Å². The fourth-order valence-electron chi connectivity index (χ4n) is 1.70. The van der Waals surface area contributed by atoms with Crippen molar-refractivity contribution >= 4 is 21.6 Å². The average Bonchev–Trinajstić information content (AvgIpc) is 3.01. The molecular formula is C12H11N5S. The first-order valence-electron chi connectivity index (χ1n) is 5.45. The van der Waals surface area contributed by atoms with Crippen molar-refractivity contribution in [1.82, 2.24) is 14.8 Å². The molecule has 5 nitrogen and oxygen atoms in total. The van der Waals surface area contributed by atoms with Crippen LogP contribution < -0.4 is 0 Å². The Bertz CT molecular complexity index is 628. The molecule has 90 valence electrons. The van der Waals surface area contributed by atoms with Gasteiger partial charge in [-0.05, 0) is 16.3 Å². The van der Waals surface area contributed by atoms with E-state index in [2.05, 4.69) is 15.1 Å². The molecule has 0 fully saturated rings. The zero-order valence-electron chi connectivity index (χ0n) is 9.52. The van der Waals surface area contributed by atoms with E-state index < -0.39 is 10.7 Å². The monoisotopic (exact) mass is 257 g/mol. The lowest BCUT2D eigenvalue weighted by molar-refractivity contribution is 0.889. The molecular weight excluding hydrogens is 246 g/mol. The van der Waals surface area contributed by atoms with Gasteiger partial charge in [0, 0.05) is 11.8 Å². The number of nitrogens with one attached hydrogen (secondary N) is 1. The predicted octanol–water partition coefficient (Wildman–Crippen LogP) is 2.07. The number of aliphatic imine (C=N–C) groups is 1. The Morgan fingerprint density at radius 3 is 2.78 bits per heavy atom. The van der Waals surface area contributed by atoms with E-state index in [0.717, 1.165) is 5.04 Å². The van der Waals surface area contributed by atoms with Crippen molar-refractivity contribution in [2.75, 3.05) is 0 Å². The largest absolute Gasteiger partial charge is 0.270 e. The van der Waals surface area contributed by atoms with Crippen molar-refractivity contribution in [3.8, 4) is 0 Å². The van der Waals surface area contributed by atoms with E-state index in [0.29, 0.717) is 12.2 Å². The fourth-order valence-corrected chi connectivity index (χ4v) is 2.72. The van der Waals surface area contributed by atoms with Crippen LogP contribution in [0.15, 0.2) is 53.4 Å². The molecule has 0 aliphatic carbocycles. The summed E-state index contributed by atoms with van der Waals surface area (Å²) in [6, 6.07) is 10.1. The van der Waals surface area contributed by atoms with Crippen LogP contribution in [0.5, 0.6) is 0 Å². The number of benzene rings is 1. The van der Waals surface area contributed by atoms with Crippen molar-refractivity contribution in [2.45, 2.75) is 6.42 Å². The summed E-state index contributed by atoms with van der Waals surface area (Å²) in [5.41, 5.74) is 1.18. The Labute approximate surface area is 107 Å². The Hall–Kier alpha value is -2.08. The Kier molecular flexibility index (Phi) is 2.85. The molecule has 18 heavy (non-hydrogen) atoms. The van der Waals surface area contributed by atoms with Gasteiger partial charge in [-0.2, -0.15) is 5.10 Å². The minimum atomic E-state index is -0.676. The fraction of sp³-hybridized carbons (Fsp3) is 0.0833. The summed E-state index contributed by atoms with van der Waals surface area (Å²) >= 11 is 0. The van der Waals surface area contributed by atoms with Crippen molar-refractivity contribution in [3.05, 3.63) is 54.0 Å². The molecule has 0 saturated heterocycles. The van der Waals surface area contributed by atoms with Gasteiger partial charge in [0.05, 0.1) is 5.04 Å². The molecule has 0 amide bonds. The number of rotatable bonds is 3. The van der Waals surface area contributed by atoms with E-state index in [4.69, 9.17) is 4.78 Å². The van der Waals surface area contributed by atoms with E-state index >= 15 is 0 Å². The first kappa shape index (κ1) is 11.0. The number of nitrogens with zero attached hydrogens (tertiary/aromatic N) is 4. The van der Waals surface area contributed by atoms with Crippen LogP contribution in [0.4, 0.5) is 0 Å². The summed E-state index contributed by atoms with van der Waals surface area (Å²) < 4.78 is 9.62. The number of aromatic nitrogens is 3. The highest BCUT2D eigenvalue weighted by Gasteiger charge is 2.15. The summed E-state index contributed by atoms with van der Waals surface area (Å²) in [6.07, 6.45) is 3.77. The normalized spacial score (nSPS) is 18.6. The third-order valence-corrected chi connectivity index (χ3v) is 3.76. The lowest BCUT2D eigenvalue weighted by Crippen LogP contribution is -2.04. The van der Waals surface area contributed by atoms with Crippen LogP contribution >= 0.6 is 0 Å². The maximum absolute atomic E-state index is 8.03. The Morgan fingerprint density at radius 1 is 1.22 bits per heavy atom. The lowest BCUT2D eigenvalue weighted by Gasteiger charge is -2.01. The standard InChI is InChI=1S/C12H11N5S/c13-18-7-11(17-9-14-8-15-17)16-12(18)6-10-4-2-1-3-5-10/h1-5,7-9,13H,6H2. The minimum Gasteiger partial charge on any atom is -0.270 e. The van der Waals surface area contributed by atoms with E-state index in [1.165, 1.54) is 11.9 Å². The van der Waals surface area contributed by atoms with Crippen LogP contribution in [0.25, 0.3) is 5.82 Å². The number of hydrogen-bond acceptors (Lipinski definition) is 4. The highest BCUT2D eigenvalue weighted by Crippen LogP contribution is 2.18. The number of hydrogen-bond donors (Lipinski definition) is 1. The van der Waals surface area contributed by atoms with Crippen molar-refractivity contribution in [1.29, 1.82) is 4.78 Å². The first-order chi connectivity index (χ1) is 8.83. The van der Waals surface area contributed by atoms with Gasteiger partial charge in [0.25, 0.3) is 0 Å². The third kappa shape index (κ3) is 2.14. The summed E-state index contributed by atoms with van der Waals surface area (Å²) in [7, 11) is -0.676. The van der Waals surface area contributed by atoms with Crippen LogP contribution in [-0.4, -0.2) is 19.8 Å². The van der Waals surface area contributed by atoms with Gasteiger partial charge in [-0.15, -0.1) is 0 Å². The van der Waals surface area contributed by atoms with E-state index in [9.17, 15) is 0 Å². The SMILES string of the molecule is N=S1C=C(n2cncn2)N=C1Cc1ccccc1. The van der Waals surface area contributed by atoms with Crippen LogP contribution in [0, 0.1) is 4.78 Å². The van der Waals surface area contributed by atoms with Crippen molar-refractivity contribution in [2.24, 2.45) is 4.99 Å². The van der Waals surface area contributed by atoms with Crippen LogP contribution in [0.2, 0.25) is 0 Å². The molecule has 1 aliphatic heterocycles. The molecule has 2 aromatic rings. The van der Waals surface area contributed by atoms with Crippen LogP contribution in [0.3, 0.4) is 0 Å². The summed E-state index contributed by atoms with van der Waals surface area (Å²) in [6.45, 7) is 0. The topological polar surface area (TPSA) is 66.9 Å². The molecule has 0 radical (unpaired) electrons. The Morgan fingerprint density at radius 2 is 2.06 bits per heavy atom. The zero-order valence-corrected chi connectivity index (χ0v) is 10.3. The molecule has 1 N–H and O–H groups in total. The Balaban J connectivity index is 1.84. The summed E-state index contributed by atoms with van der Waals surface area (Å²) in [4.78, 5) is 8.35. The second kappa shape index (κ2) is 4.66. The minimum absolute atomic E-state index is 0.676. The quantitative estimate of drug-likeness (QED) is 0.914. The predicted molar refractivity (Wildman–Crippen MR) is 72.0 cm³/mol. The highest BCUT2D eigenvalue weighted by molar-refractivity contribution is 8.04. The average molecular weight is 257 g/mol. The second-order valence-corrected chi connectivity index (χ2v) is 5.20. The molecule has 0 spiro atoms. The van der Waals surface area contributed by atoms with Crippen molar-refractivity contribution < 1.29 is 0 Å². The molecule has 1 unspecified atom stereocenters. The molecule has 3 rings (SSSR count). The maximum atomic E-state index is 8.03. The van der Waals surface area contributed by atoms with Gasteiger partial charge in [-0.3, -0.25) is 4.78 Å². The van der Waals surface area contributed by atoms with E-state index in [-0.39, 0.29) is 0 Å². The third-order valence-electron chi connectivity index (χ3n) is 2.57. The van der Waals surface area contributed by atoms with Gasteiger partial charge in [-0.1, -0.05) is 30.3 Å². The molecule has 0 saturated carbocycles. The van der Waals surface area contributed by atoms with Crippen LogP contribution in [0.1, 0.15) is 5.56 Å². The van der Waals surface area contributed by atoms with E-state index in [1.54, 1.807) is 11.0 Å². The van der Waals surface area contributed by atoms with Gasteiger partial charge >= 0.3 is 0 Å². The molecule has 0 bridgehead atoms. The van der Waals surface area contributed by atoms with Gasteiger partial charge in [0.1, 0.15) is 12.7 Å². The van der Waals surface area contributed by atoms with Crippen molar-refractivity contribution in [3.63, 3.8) is 0 Å². The van der Waals surface area contributed by atoms with Gasteiger partial charge in [-0.25, -0.2) is 14.7 Å². The lowest BCUT2D eigenvalue weighted by atomic mass is 10.2. The second-order valence-electron chi connectivity index (χ2n) is 3.82. The summed E-state index contributed by atoms with van der Waals surface area (Å²) in [5.74, 6) is 0.691. The molecule has 6 heteroatoms. The first-order valence-corrected chi connectivity index (χ1v) is 6.74.